The van der Waals surface area contributed by atoms with Crippen molar-refractivity contribution < 1.29 is 9.21 Å². The van der Waals surface area contributed by atoms with E-state index in [1.54, 1.807) is 23.9 Å². The highest BCUT2D eigenvalue weighted by Crippen LogP contribution is 2.25. The summed E-state index contributed by atoms with van der Waals surface area (Å²) >= 11 is 0. The number of nitrogens with zero attached hydrogens (tertiary/aromatic N) is 2. The van der Waals surface area contributed by atoms with Gasteiger partial charge < -0.3 is 9.73 Å². The molecule has 3 rings (SSSR count). The van der Waals surface area contributed by atoms with Gasteiger partial charge in [0.05, 0.1) is 0 Å². The first kappa shape index (κ1) is 17.6. The number of carbonyl (C=O) groups is 1. The van der Waals surface area contributed by atoms with Gasteiger partial charge in [0.2, 0.25) is 5.88 Å². The molecule has 0 radical (unpaired) electrons. The van der Waals surface area contributed by atoms with Crippen LogP contribution in [0, 0.1) is 39.0 Å². The molecule has 5 nitrogen and oxygen atoms in total. The van der Waals surface area contributed by atoms with E-state index < -0.39 is 0 Å². The molecule has 0 bridgehead atoms. The molecule has 1 amide bonds. The summed E-state index contributed by atoms with van der Waals surface area (Å²) in [5.41, 5.74) is 5.10. The fourth-order valence-electron chi connectivity index (χ4n) is 3.30. The zero-order valence-corrected chi connectivity index (χ0v) is 15.4. The molecule has 1 aromatic carbocycles. The number of amides is 1. The SMILES string of the molecule is Cc1cc(C)c(CNC(=O)c2c(C)oc(-n3cccc3)c2C#N)c(C)c1. The maximum Gasteiger partial charge on any atom is 0.256 e. The van der Waals surface area contributed by atoms with Gasteiger partial charge in [0.15, 0.2) is 0 Å². The number of nitriles is 1. The van der Waals surface area contributed by atoms with Crippen molar-refractivity contribution in [2.45, 2.75) is 34.2 Å². The second kappa shape index (κ2) is 6.93. The van der Waals surface area contributed by atoms with E-state index in [0.717, 1.165) is 16.7 Å². The van der Waals surface area contributed by atoms with Gasteiger partial charge >= 0.3 is 0 Å². The second-order valence-electron chi connectivity index (χ2n) is 6.48. The third-order valence-electron chi connectivity index (χ3n) is 4.51. The zero-order chi connectivity index (χ0) is 18.8. The number of hydrogen-bond donors (Lipinski definition) is 1. The highest BCUT2D eigenvalue weighted by atomic mass is 16.4. The topological polar surface area (TPSA) is 71.0 Å². The summed E-state index contributed by atoms with van der Waals surface area (Å²) in [6.45, 7) is 8.24. The van der Waals surface area contributed by atoms with Crippen LogP contribution in [0.15, 0.2) is 41.1 Å². The molecular formula is C21H21N3O2. The lowest BCUT2D eigenvalue weighted by atomic mass is 9.99. The van der Waals surface area contributed by atoms with Crippen molar-refractivity contribution in [3.8, 4) is 12.0 Å². The minimum atomic E-state index is -0.305. The van der Waals surface area contributed by atoms with Crippen LogP contribution in [-0.4, -0.2) is 10.5 Å². The Morgan fingerprint density at radius 3 is 2.35 bits per heavy atom. The first-order valence-corrected chi connectivity index (χ1v) is 8.44. The van der Waals surface area contributed by atoms with E-state index in [4.69, 9.17) is 4.42 Å². The summed E-state index contributed by atoms with van der Waals surface area (Å²) in [6.07, 6.45) is 3.56. The van der Waals surface area contributed by atoms with Crippen LogP contribution in [0.5, 0.6) is 0 Å². The van der Waals surface area contributed by atoms with Gasteiger partial charge in [-0.15, -0.1) is 0 Å². The Bertz CT molecular complexity index is 982. The van der Waals surface area contributed by atoms with Gasteiger partial charge in [-0.05, 0) is 56.5 Å². The molecule has 0 aliphatic heterocycles. The Balaban J connectivity index is 1.89. The van der Waals surface area contributed by atoms with Crippen LogP contribution >= 0.6 is 0 Å². The van der Waals surface area contributed by atoms with Crippen molar-refractivity contribution in [3.05, 3.63) is 75.8 Å². The van der Waals surface area contributed by atoms with Gasteiger partial charge in [0.1, 0.15) is 23.0 Å². The van der Waals surface area contributed by atoms with Crippen LogP contribution in [0.4, 0.5) is 0 Å². The van der Waals surface area contributed by atoms with Crippen LogP contribution in [-0.2, 0) is 6.54 Å². The van der Waals surface area contributed by atoms with Gasteiger partial charge in [0, 0.05) is 18.9 Å². The van der Waals surface area contributed by atoms with Gasteiger partial charge in [-0.25, -0.2) is 0 Å². The average Bonchev–Trinajstić information content (AvgIpc) is 3.20. The average molecular weight is 347 g/mol. The van der Waals surface area contributed by atoms with E-state index in [-0.39, 0.29) is 11.5 Å². The van der Waals surface area contributed by atoms with Crippen LogP contribution in [0.2, 0.25) is 0 Å². The molecule has 0 fully saturated rings. The minimum Gasteiger partial charge on any atom is -0.443 e. The molecule has 0 saturated carbocycles. The van der Waals surface area contributed by atoms with Crippen molar-refractivity contribution in [3.63, 3.8) is 0 Å². The smallest absolute Gasteiger partial charge is 0.256 e. The number of carbonyl (C=O) groups excluding carboxylic acids is 1. The Hall–Kier alpha value is -3.26. The quantitative estimate of drug-likeness (QED) is 0.772. The Morgan fingerprint density at radius 2 is 1.77 bits per heavy atom. The molecule has 5 heteroatoms. The predicted octanol–water partition coefficient (Wildman–Crippen LogP) is 4.11. The molecule has 0 saturated heterocycles. The first-order chi connectivity index (χ1) is 12.4. The number of benzene rings is 1. The van der Waals surface area contributed by atoms with E-state index in [1.165, 1.54) is 5.56 Å². The Morgan fingerprint density at radius 1 is 1.15 bits per heavy atom. The molecule has 1 N–H and O–H groups in total. The highest BCUT2D eigenvalue weighted by molar-refractivity contribution is 5.98. The third kappa shape index (κ3) is 3.14. The maximum absolute atomic E-state index is 12.8. The normalized spacial score (nSPS) is 10.6. The van der Waals surface area contributed by atoms with Crippen molar-refractivity contribution in [1.82, 2.24) is 9.88 Å². The lowest BCUT2D eigenvalue weighted by molar-refractivity contribution is 0.0949. The van der Waals surface area contributed by atoms with E-state index in [2.05, 4.69) is 30.4 Å². The lowest BCUT2D eigenvalue weighted by Gasteiger charge is -2.12. The van der Waals surface area contributed by atoms with Crippen LogP contribution < -0.4 is 5.32 Å². The van der Waals surface area contributed by atoms with E-state index in [9.17, 15) is 10.1 Å². The molecular weight excluding hydrogens is 326 g/mol. The molecule has 132 valence electrons. The summed E-state index contributed by atoms with van der Waals surface area (Å²) in [6, 6.07) is 9.98. The fraction of sp³-hybridized carbons (Fsp3) is 0.238. The second-order valence-corrected chi connectivity index (χ2v) is 6.48. The molecule has 0 atom stereocenters. The summed E-state index contributed by atoms with van der Waals surface area (Å²) in [4.78, 5) is 12.8. The maximum atomic E-state index is 12.8. The summed E-state index contributed by atoms with van der Waals surface area (Å²) in [5, 5.41) is 12.5. The van der Waals surface area contributed by atoms with Gasteiger partial charge in [-0.3, -0.25) is 9.36 Å². The zero-order valence-electron chi connectivity index (χ0n) is 15.4. The number of nitrogens with one attached hydrogen (secondary N) is 1. The van der Waals surface area contributed by atoms with E-state index >= 15 is 0 Å². The molecule has 0 aliphatic rings. The van der Waals surface area contributed by atoms with Gasteiger partial charge in [-0.1, -0.05) is 17.7 Å². The third-order valence-corrected chi connectivity index (χ3v) is 4.51. The van der Waals surface area contributed by atoms with Crippen LogP contribution in [0.1, 0.15) is 43.9 Å². The Labute approximate surface area is 152 Å². The number of aromatic nitrogens is 1. The van der Waals surface area contributed by atoms with Crippen molar-refractivity contribution in [1.29, 1.82) is 5.26 Å². The largest absolute Gasteiger partial charge is 0.443 e. The lowest BCUT2D eigenvalue weighted by Crippen LogP contribution is -2.24. The van der Waals surface area contributed by atoms with Crippen molar-refractivity contribution in [2.75, 3.05) is 0 Å². The van der Waals surface area contributed by atoms with E-state index in [1.807, 2.05) is 26.0 Å². The predicted molar refractivity (Wildman–Crippen MR) is 99.3 cm³/mol. The number of furan rings is 1. The van der Waals surface area contributed by atoms with Gasteiger partial charge in [-0.2, -0.15) is 5.26 Å². The first-order valence-electron chi connectivity index (χ1n) is 8.44. The van der Waals surface area contributed by atoms with Gasteiger partial charge in [0.25, 0.3) is 5.91 Å². The molecule has 2 aromatic heterocycles. The van der Waals surface area contributed by atoms with E-state index in [0.29, 0.717) is 23.8 Å². The molecule has 0 aliphatic carbocycles. The van der Waals surface area contributed by atoms with Crippen LogP contribution in [0.3, 0.4) is 0 Å². The summed E-state index contributed by atoms with van der Waals surface area (Å²) in [5.74, 6) is 0.489. The molecule has 26 heavy (non-hydrogen) atoms. The minimum absolute atomic E-state index is 0.244. The molecule has 2 heterocycles. The molecule has 0 spiro atoms. The molecule has 3 aromatic rings. The summed E-state index contributed by atoms with van der Waals surface area (Å²) < 4.78 is 7.39. The fourth-order valence-corrected chi connectivity index (χ4v) is 3.30. The molecule has 0 unspecified atom stereocenters. The number of rotatable bonds is 4. The Kier molecular flexibility index (Phi) is 4.68. The van der Waals surface area contributed by atoms with Crippen molar-refractivity contribution in [2.24, 2.45) is 0 Å². The van der Waals surface area contributed by atoms with Crippen molar-refractivity contribution >= 4 is 5.91 Å². The summed E-state index contributed by atoms with van der Waals surface area (Å²) in [7, 11) is 0. The standard InChI is InChI=1S/C21H21N3O2/c1-13-9-14(2)18(15(3)10-13)12-23-20(25)19-16(4)26-21(17(19)11-22)24-7-5-6-8-24/h5-10H,12H2,1-4H3,(H,23,25). The number of aryl methyl sites for hydroxylation is 4. The number of hydrogen-bond acceptors (Lipinski definition) is 3. The van der Waals surface area contributed by atoms with Crippen LogP contribution in [0.25, 0.3) is 5.88 Å². The monoisotopic (exact) mass is 347 g/mol. The highest BCUT2D eigenvalue weighted by Gasteiger charge is 2.24.